The fourth-order valence-corrected chi connectivity index (χ4v) is 4.55. The highest BCUT2D eigenvalue weighted by Crippen LogP contribution is 2.28. The first-order chi connectivity index (χ1) is 15.0. The molecule has 2 amide bonds. The van der Waals surface area contributed by atoms with Crippen LogP contribution in [0.1, 0.15) is 41.1 Å². The first kappa shape index (κ1) is 21.1. The molecule has 8 heteroatoms. The zero-order chi connectivity index (χ0) is 21.8. The minimum Gasteiger partial charge on any atom is -0.342 e. The standard InChI is InChI=1S/C23H25N5O2S/c1-16(24-22(30)18-10-4-3-5-11-18)21-25-26-23(27(21)2)31-15-20(29)28-14-8-12-17-9-6-7-13-19(17)28/h3-7,9-11,13,16H,8,12,14-15H2,1-2H3,(H,24,30). The van der Waals surface area contributed by atoms with Gasteiger partial charge in [-0.15, -0.1) is 10.2 Å². The Labute approximate surface area is 185 Å². The number of rotatable bonds is 6. The molecule has 160 valence electrons. The monoisotopic (exact) mass is 435 g/mol. The predicted octanol–water partition coefficient (Wildman–Crippen LogP) is 3.38. The number of thioether (sulfide) groups is 1. The van der Waals surface area contributed by atoms with Gasteiger partial charge in [0, 0.05) is 24.8 Å². The summed E-state index contributed by atoms with van der Waals surface area (Å²) < 4.78 is 1.83. The highest BCUT2D eigenvalue weighted by Gasteiger charge is 2.24. The summed E-state index contributed by atoms with van der Waals surface area (Å²) in [6.07, 6.45) is 1.98. The molecule has 0 saturated carbocycles. The van der Waals surface area contributed by atoms with Crippen molar-refractivity contribution >= 4 is 29.3 Å². The summed E-state index contributed by atoms with van der Waals surface area (Å²) in [5.74, 6) is 0.823. The van der Waals surface area contributed by atoms with Crippen LogP contribution in [0.2, 0.25) is 0 Å². The lowest BCUT2D eigenvalue weighted by atomic mass is 10.0. The molecule has 1 atom stereocenters. The van der Waals surface area contributed by atoms with E-state index in [2.05, 4.69) is 21.6 Å². The Kier molecular flexibility index (Phi) is 6.36. The number of aromatic nitrogens is 3. The summed E-state index contributed by atoms with van der Waals surface area (Å²) in [6, 6.07) is 16.8. The summed E-state index contributed by atoms with van der Waals surface area (Å²) in [5, 5.41) is 12.1. The summed E-state index contributed by atoms with van der Waals surface area (Å²) >= 11 is 1.36. The lowest BCUT2D eigenvalue weighted by Crippen LogP contribution is -2.36. The van der Waals surface area contributed by atoms with E-state index in [1.54, 1.807) is 12.1 Å². The molecule has 1 N–H and O–H groups in total. The van der Waals surface area contributed by atoms with Crippen LogP contribution in [0.4, 0.5) is 5.69 Å². The zero-order valence-corrected chi connectivity index (χ0v) is 18.4. The molecule has 1 aromatic heterocycles. The molecule has 31 heavy (non-hydrogen) atoms. The van der Waals surface area contributed by atoms with Crippen LogP contribution in [0.25, 0.3) is 0 Å². The average molecular weight is 436 g/mol. The summed E-state index contributed by atoms with van der Waals surface area (Å²) in [7, 11) is 1.85. The van der Waals surface area contributed by atoms with E-state index in [1.807, 2.05) is 59.8 Å². The Bertz CT molecular complexity index is 1080. The van der Waals surface area contributed by atoms with Crippen molar-refractivity contribution in [2.45, 2.75) is 31.0 Å². The van der Waals surface area contributed by atoms with Gasteiger partial charge in [-0.25, -0.2) is 0 Å². The van der Waals surface area contributed by atoms with Crippen molar-refractivity contribution in [3.05, 3.63) is 71.5 Å². The molecule has 4 rings (SSSR count). The minimum atomic E-state index is -0.316. The fraction of sp³-hybridized carbons (Fsp3) is 0.304. The Balaban J connectivity index is 1.39. The van der Waals surface area contributed by atoms with Crippen LogP contribution in [-0.4, -0.2) is 38.9 Å². The van der Waals surface area contributed by atoms with Crippen molar-refractivity contribution in [1.29, 1.82) is 0 Å². The maximum absolute atomic E-state index is 12.9. The number of hydrogen-bond acceptors (Lipinski definition) is 5. The van der Waals surface area contributed by atoms with Gasteiger partial charge in [0.1, 0.15) is 0 Å². The minimum absolute atomic E-state index is 0.0622. The number of benzene rings is 2. The second kappa shape index (κ2) is 9.34. The number of aryl methyl sites for hydroxylation is 1. The molecule has 3 aromatic rings. The molecule has 2 heterocycles. The largest absolute Gasteiger partial charge is 0.342 e. The Morgan fingerprint density at radius 2 is 1.84 bits per heavy atom. The molecule has 1 aliphatic heterocycles. The third kappa shape index (κ3) is 4.64. The SMILES string of the molecule is CC(NC(=O)c1ccccc1)c1nnc(SCC(=O)N2CCCc3ccccc32)n1C. The topological polar surface area (TPSA) is 80.1 Å². The number of amides is 2. The van der Waals surface area contributed by atoms with Crippen LogP contribution in [0.5, 0.6) is 0 Å². The zero-order valence-electron chi connectivity index (χ0n) is 17.6. The van der Waals surface area contributed by atoms with Crippen molar-refractivity contribution < 1.29 is 9.59 Å². The summed E-state index contributed by atoms with van der Waals surface area (Å²) in [5.41, 5.74) is 2.82. The number of carbonyl (C=O) groups is 2. The third-order valence-corrected chi connectivity index (χ3v) is 6.38. The van der Waals surface area contributed by atoms with Gasteiger partial charge in [0.05, 0.1) is 11.8 Å². The number of hydrogen-bond donors (Lipinski definition) is 1. The second-order valence-corrected chi connectivity index (χ2v) is 8.47. The highest BCUT2D eigenvalue weighted by atomic mass is 32.2. The maximum Gasteiger partial charge on any atom is 0.251 e. The van der Waals surface area contributed by atoms with Crippen molar-refractivity contribution in [1.82, 2.24) is 20.1 Å². The molecule has 2 aromatic carbocycles. The van der Waals surface area contributed by atoms with Crippen molar-refractivity contribution in [3.8, 4) is 0 Å². The number of nitrogens with zero attached hydrogens (tertiary/aromatic N) is 4. The van der Waals surface area contributed by atoms with Gasteiger partial charge in [0.25, 0.3) is 5.91 Å². The van der Waals surface area contributed by atoms with E-state index in [-0.39, 0.29) is 23.6 Å². The number of para-hydroxylation sites is 1. The van der Waals surface area contributed by atoms with Crippen LogP contribution in [0.3, 0.4) is 0 Å². The smallest absolute Gasteiger partial charge is 0.251 e. The lowest BCUT2D eigenvalue weighted by Gasteiger charge is -2.29. The lowest BCUT2D eigenvalue weighted by molar-refractivity contribution is -0.116. The van der Waals surface area contributed by atoms with E-state index in [1.165, 1.54) is 17.3 Å². The Morgan fingerprint density at radius 3 is 2.65 bits per heavy atom. The van der Waals surface area contributed by atoms with E-state index in [9.17, 15) is 9.59 Å². The van der Waals surface area contributed by atoms with Crippen LogP contribution in [0.15, 0.2) is 59.8 Å². The molecule has 0 aliphatic carbocycles. The van der Waals surface area contributed by atoms with Crippen molar-refractivity contribution in [3.63, 3.8) is 0 Å². The summed E-state index contributed by atoms with van der Waals surface area (Å²) in [6.45, 7) is 2.61. The second-order valence-electron chi connectivity index (χ2n) is 7.53. The van der Waals surface area contributed by atoms with E-state index >= 15 is 0 Å². The quantitative estimate of drug-likeness (QED) is 0.601. The van der Waals surface area contributed by atoms with Crippen LogP contribution in [-0.2, 0) is 18.3 Å². The van der Waals surface area contributed by atoms with Crippen molar-refractivity contribution in [2.75, 3.05) is 17.2 Å². The fourth-order valence-electron chi connectivity index (χ4n) is 3.76. The highest BCUT2D eigenvalue weighted by molar-refractivity contribution is 7.99. The first-order valence-electron chi connectivity index (χ1n) is 10.3. The van der Waals surface area contributed by atoms with Gasteiger partial charge in [0.15, 0.2) is 11.0 Å². The van der Waals surface area contributed by atoms with Crippen LogP contribution >= 0.6 is 11.8 Å². The third-order valence-electron chi connectivity index (χ3n) is 5.38. The van der Waals surface area contributed by atoms with Crippen LogP contribution < -0.4 is 10.2 Å². The predicted molar refractivity (Wildman–Crippen MR) is 121 cm³/mol. The van der Waals surface area contributed by atoms with Gasteiger partial charge in [0.2, 0.25) is 5.91 Å². The van der Waals surface area contributed by atoms with E-state index < -0.39 is 0 Å². The van der Waals surface area contributed by atoms with E-state index in [0.29, 0.717) is 16.5 Å². The van der Waals surface area contributed by atoms with Gasteiger partial charge >= 0.3 is 0 Å². The number of carbonyl (C=O) groups excluding carboxylic acids is 2. The molecule has 1 aliphatic rings. The Hall–Kier alpha value is -3.13. The van der Waals surface area contributed by atoms with Crippen molar-refractivity contribution in [2.24, 2.45) is 7.05 Å². The Morgan fingerprint density at radius 1 is 1.10 bits per heavy atom. The molecule has 7 nitrogen and oxygen atoms in total. The molecular weight excluding hydrogens is 410 g/mol. The molecule has 0 fully saturated rings. The van der Waals surface area contributed by atoms with Gasteiger partial charge < -0.3 is 14.8 Å². The molecule has 0 radical (unpaired) electrons. The molecule has 0 saturated heterocycles. The summed E-state index contributed by atoms with van der Waals surface area (Å²) in [4.78, 5) is 27.2. The first-order valence-corrected chi connectivity index (χ1v) is 11.3. The van der Waals surface area contributed by atoms with Gasteiger partial charge in [-0.2, -0.15) is 0 Å². The number of fused-ring (bicyclic) bond motifs is 1. The molecule has 1 unspecified atom stereocenters. The van der Waals surface area contributed by atoms with Crippen LogP contribution in [0, 0.1) is 0 Å². The van der Waals surface area contributed by atoms with Gasteiger partial charge in [-0.3, -0.25) is 9.59 Å². The average Bonchev–Trinajstić information content (AvgIpc) is 3.18. The number of anilines is 1. The molecular formula is C23H25N5O2S. The maximum atomic E-state index is 12.9. The normalized spacial score (nSPS) is 14.1. The van der Waals surface area contributed by atoms with Gasteiger partial charge in [-0.05, 0) is 43.5 Å². The molecule has 0 bridgehead atoms. The van der Waals surface area contributed by atoms with E-state index in [4.69, 9.17) is 0 Å². The van der Waals surface area contributed by atoms with E-state index in [0.717, 1.165) is 25.1 Å². The van der Waals surface area contributed by atoms with Gasteiger partial charge in [-0.1, -0.05) is 48.2 Å². The molecule has 0 spiro atoms. The number of nitrogens with one attached hydrogen (secondary N) is 1.